The molecule has 74 valence electrons. The first kappa shape index (κ1) is 9.04. The second-order valence-corrected chi connectivity index (χ2v) is 2.93. The number of fused-ring (bicyclic) bond motifs is 1. The summed E-state index contributed by atoms with van der Waals surface area (Å²) in [5.41, 5.74) is 6.58. The van der Waals surface area contributed by atoms with E-state index < -0.39 is 0 Å². The van der Waals surface area contributed by atoms with Gasteiger partial charge < -0.3 is 10.5 Å². The van der Waals surface area contributed by atoms with Gasteiger partial charge in [0, 0.05) is 19.4 Å². The van der Waals surface area contributed by atoms with E-state index in [0.717, 1.165) is 5.65 Å². The fourth-order valence-electron chi connectivity index (χ4n) is 1.27. The van der Waals surface area contributed by atoms with E-state index in [-0.39, 0.29) is 6.04 Å². The summed E-state index contributed by atoms with van der Waals surface area (Å²) in [6, 6.07) is 1.50. The minimum atomic E-state index is -0.279. The van der Waals surface area contributed by atoms with E-state index >= 15 is 0 Å². The molecule has 0 aromatic carbocycles. The summed E-state index contributed by atoms with van der Waals surface area (Å²) < 4.78 is 6.70. The highest BCUT2D eigenvalue weighted by Gasteiger charge is 2.12. The summed E-state index contributed by atoms with van der Waals surface area (Å²) in [6.45, 7) is 0.412. The molecule has 14 heavy (non-hydrogen) atoms. The topological polar surface area (TPSA) is 78.3 Å². The van der Waals surface area contributed by atoms with Crippen LogP contribution in [0.2, 0.25) is 0 Å². The first-order chi connectivity index (χ1) is 6.83. The van der Waals surface area contributed by atoms with Gasteiger partial charge in [-0.05, 0) is 0 Å². The van der Waals surface area contributed by atoms with Crippen molar-refractivity contribution in [2.24, 2.45) is 5.73 Å². The van der Waals surface area contributed by atoms with Crippen molar-refractivity contribution < 1.29 is 4.74 Å². The Labute approximate surface area is 80.7 Å². The fraction of sp³-hybridized carbons (Fsp3) is 0.375. The third-order valence-electron chi connectivity index (χ3n) is 1.92. The van der Waals surface area contributed by atoms with Crippen molar-refractivity contribution in [3.63, 3.8) is 0 Å². The number of aromatic nitrogens is 4. The summed E-state index contributed by atoms with van der Waals surface area (Å²) in [5, 5.41) is 7.94. The van der Waals surface area contributed by atoms with Gasteiger partial charge in [0.2, 0.25) is 0 Å². The largest absolute Gasteiger partial charge is 0.383 e. The number of hydrogen-bond donors (Lipinski definition) is 1. The number of hydrogen-bond acceptors (Lipinski definition) is 5. The molecule has 0 fully saturated rings. The van der Waals surface area contributed by atoms with Gasteiger partial charge in [-0.15, -0.1) is 10.2 Å². The molecule has 2 aromatic heterocycles. The van der Waals surface area contributed by atoms with Crippen molar-refractivity contribution in [2.75, 3.05) is 13.7 Å². The van der Waals surface area contributed by atoms with Crippen LogP contribution in [0.4, 0.5) is 0 Å². The first-order valence-electron chi connectivity index (χ1n) is 4.22. The highest BCUT2D eigenvalue weighted by molar-refractivity contribution is 5.35. The molecule has 0 spiro atoms. The molecule has 2 N–H and O–H groups in total. The van der Waals surface area contributed by atoms with Crippen LogP contribution in [0.5, 0.6) is 0 Å². The van der Waals surface area contributed by atoms with Gasteiger partial charge in [0.15, 0.2) is 11.5 Å². The van der Waals surface area contributed by atoms with Crippen LogP contribution in [0.25, 0.3) is 5.65 Å². The fourth-order valence-corrected chi connectivity index (χ4v) is 1.27. The van der Waals surface area contributed by atoms with E-state index in [1.807, 2.05) is 0 Å². The van der Waals surface area contributed by atoms with Gasteiger partial charge in [0.05, 0.1) is 12.6 Å². The summed E-state index contributed by atoms with van der Waals surface area (Å²) in [5.74, 6) is 0.662. The van der Waals surface area contributed by atoms with Gasteiger partial charge in [-0.25, -0.2) is 4.98 Å². The van der Waals surface area contributed by atoms with Gasteiger partial charge in [-0.3, -0.25) is 4.40 Å². The maximum Gasteiger partial charge on any atom is 0.163 e. The van der Waals surface area contributed by atoms with Crippen molar-refractivity contribution in [1.82, 2.24) is 19.6 Å². The van der Waals surface area contributed by atoms with Crippen molar-refractivity contribution in [2.45, 2.75) is 6.04 Å². The van der Waals surface area contributed by atoms with Gasteiger partial charge in [0.25, 0.3) is 0 Å². The molecule has 6 heteroatoms. The van der Waals surface area contributed by atoms with Crippen molar-refractivity contribution >= 4 is 5.65 Å². The molecule has 6 nitrogen and oxygen atoms in total. The summed E-state index contributed by atoms with van der Waals surface area (Å²) in [6.07, 6.45) is 3.30. The van der Waals surface area contributed by atoms with E-state index in [4.69, 9.17) is 10.5 Å². The monoisotopic (exact) mass is 193 g/mol. The smallest absolute Gasteiger partial charge is 0.163 e. The molecular weight excluding hydrogens is 182 g/mol. The zero-order chi connectivity index (χ0) is 9.97. The molecule has 2 aromatic rings. The Morgan fingerprint density at radius 1 is 1.57 bits per heavy atom. The summed E-state index contributed by atoms with van der Waals surface area (Å²) >= 11 is 0. The molecule has 0 saturated heterocycles. The van der Waals surface area contributed by atoms with E-state index in [2.05, 4.69) is 15.2 Å². The van der Waals surface area contributed by atoms with E-state index in [9.17, 15) is 0 Å². The van der Waals surface area contributed by atoms with Gasteiger partial charge in [-0.2, -0.15) is 0 Å². The Morgan fingerprint density at radius 3 is 3.21 bits per heavy atom. The molecule has 1 unspecified atom stereocenters. The molecule has 2 heterocycles. The average Bonchev–Trinajstić information content (AvgIpc) is 2.61. The average molecular weight is 193 g/mol. The lowest BCUT2D eigenvalue weighted by molar-refractivity contribution is 0.178. The lowest BCUT2D eigenvalue weighted by Gasteiger charge is -2.07. The van der Waals surface area contributed by atoms with E-state index in [1.54, 1.807) is 30.1 Å². The van der Waals surface area contributed by atoms with Gasteiger partial charge >= 0.3 is 0 Å². The van der Waals surface area contributed by atoms with Crippen LogP contribution < -0.4 is 5.73 Å². The lowest BCUT2D eigenvalue weighted by Crippen LogP contribution is -2.19. The van der Waals surface area contributed by atoms with Gasteiger partial charge in [-0.1, -0.05) is 0 Å². The van der Waals surface area contributed by atoms with Gasteiger partial charge in [0.1, 0.15) is 6.33 Å². The molecule has 0 aliphatic rings. The van der Waals surface area contributed by atoms with Crippen LogP contribution in [0.1, 0.15) is 11.9 Å². The SMILES string of the molecule is COCC(N)c1nnc2ccncn12. The van der Waals surface area contributed by atoms with Crippen LogP contribution >= 0.6 is 0 Å². The van der Waals surface area contributed by atoms with Crippen LogP contribution in [-0.2, 0) is 4.74 Å². The molecule has 0 aliphatic carbocycles. The van der Waals surface area contributed by atoms with E-state index in [1.165, 1.54) is 0 Å². The molecular formula is C8H11N5O. The number of nitrogens with two attached hydrogens (primary N) is 1. The zero-order valence-electron chi connectivity index (χ0n) is 7.79. The van der Waals surface area contributed by atoms with Crippen LogP contribution in [0.3, 0.4) is 0 Å². The number of rotatable bonds is 3. The minimum Gasteiger partial charge on any atom is -0.383 e. The molecule has 0 aliphatic heterocycles. The maximum absolute atomic E-state index is 5.84. The van der Waals surface area contributed by atoms with Crippen molar-refractivity contribution in [3.05, 3.63) is 24.4 Å². The molecule has 0 radical (unpaired) electrons. The second kappa shape index (κ2) is 3.69. The van der Waals surface area contributed by atoms with Crippen LogP contribution in [-0.4, -0.2) is 33.3 Å². The Morgan fingerprint density at radius 2 is 2.43 bits per heavy atom. The first-order valence-corrected chi connectivity index (χ1v) is 4.22. The standard InChI is InChI=1S/C8H11N5O/c1-14-4-6(9)8-12-11-7-2-3-10-5-13(7)8/h2-3,5-6H,4,9H2,1H3. The van der Waals surface area contributed by atoms with Crippen molar-refractivity contribution in [3.8, 4) is 0 Å². The minimum absolute atomic E-state index is 0.279. The second-order valence-electron chi connectivity index (χ2n) is 2.93. The maximum atomic E-state index is 5.84. The van der Waals surface area contributed by atoms with E-state index in [0.29, 0.717) is 12.4 Å². The molecule has 0 amide bonds. The molecule has 0 saturated carbocycles. The Hall–Kier alpha value is -1.53. The molecule has 2 rings (SSSR count). The third kappa shape index (κ3) is 1.45. The lowest BCUT2D eigenvalue weighted by atomic mass is 10.3. The zero-order valence-corrected chi connectivity index (χ0v) is 7.79. The summed E-state index contributed by atoms with van der Waals surface area (Å²) in [7, 11) is 1.60. The number of nitrogens with zero attached hydrogens (tertiary/aromatic N) is 4. The van der Waals surface area contributed by atoms with Crippen molar-refractivity contribution in [1.29, 1.82) is 0 Å². The Kier molecular flexibility index (Phi) is 2.38. The Bertz CT molecular complexity index is 426. The highest BCUT2D eigenvalue weighted by Crippen LogP contribution is 2.08. The predicted molar refractivity (Wildman–Crippen MR) is 49.6 cm³/mol. The van der Waals surface area contributed by atoms with Crippen LogP contribution in [0.15, 0.2) is 18.6 Å². The van der Waals surface area contributed by atoms with Crippen LogP contribution in [0, 0.1) is 0 Å². The molecule has 1 atom stereocenters. The number of ether oxygens (including phenoxy) is 1. The normalized spacial score (nSPS) is 13.3. The number of methoxy groups -OCH3 is 1. The third-order valence-corrected chi connectivity index (χ3v) is 1.92. The molecule has 0 bridgehead atoms. The quantitative estimate of drug-likeness (QED) is 0.728. The summed E-state index contributed by atoms with van der Waals surface area (Å²) in [4.78, 5) is 3.97. The highest BCUT2D eigenvalue weighted by atomic mass is 16.5. The predicted octanol–water partition coefficient (Wildman–Crippen LogP) is -0.230. The Balaban J connectivity index is 2.42.